The van der Waals surface area contributed by atoms with E-state index in [2.05, 4.69) is 33.0 Å². The van der Waals surface area contributed by atoms with Crippen LogP contribution in [0.2, 0.25) is 0 Å². The van der Waals surface area contributed by atoms with Crippen LogP contribution in [-0.4, -0.2) is 21.1 Å². The van der Waals surface area contributed by atoms with Crippen LogP contribution < -0.4 is 5.32 Å². The van der Waals surface area contributed by atoms with Gasteiger partial charge in [-0.1, -0.05) is 13.0 Å². The Morgan fingerprint density at radius 3 is 2.94 bits per heavy atom. The lowest BCUT2D eigenvalue weighted by atomic mass is 10.3. The lowest BCUT2D eigenvalue weighted by molar-refractivity contribution is 0.711. The average molecular weight is 216 g/mol. The summed E-state index contributed by atoms with van der Waals surface area (Å²) >= 11 is 0. The van der Waals surface area contributed by atoms with Gasteiger partial charge in [-0.25, -0.2) is 4.98 Å². The van der Waals surface area contributed by atoms with E-state index in [0.29, 0.717) is 0 Å². The first-order valence-electron chi connectivity index (χ1n) is 5.49. The number of aromatic nitrogens is 3. The van der Waals surface area contributed by atoms with Gasteiger partial charge in [0.25, 0.3) is 0 Å². The van der Waals surface area contributed by atoms with E-state index in [1.807, 2.05) is 30.7 Å². The van der Waals surface area contributed by atoms with Gasteiger partial charge in [-0.2, -0.15) is 0 Å². The van der Waals surface area contributed by atoms with Gasteiger partial charge in [-0.15, -0.1) is 0 Å². The molecule has 0 saturated heterocycles. The summed E-state index contributed by atoms with van der Waals surface area (Å²) < 4.78 is 2.05. The lowest BCUT2D eigenvalue weighted by Crippen LogP contribution is -2.11. The van der Waals surface area contributed by atoms with Gasteiger partial charge in [0, 0.05) is 18.9 Å². The molecule has 1 N–H and O–H groups in total. The molecule has 0 amide bonds. The summed E-state index contributed by atoms with van der Waals surface area (Å²) in [6.45, 7) is 4.66. The van der Waals surface area contributed by atoms with Crippen LogP contribution in [0, 0.1) is 0 Å². The number of hydrogen-bond donors (Lipinski definition) is 1. The fourth-order valence-corrected chi connectivity index (χ4v) is 1.52. The van der Waals surface area contributed by atoms with E-state index in [9.17, 15) is 0 Å². The summed E-state index contributed by atoms with van der Waals surface area (Å²) in [6, 6.07) is 5.94. The zero-order valence-electron chi connectivity index (χ0n) is 9.43. The third kappa shape index (κ3) is 2.90. The van der Waals surface area contributed by atoms with Crippen molar-refractivity contribution >= 4 is 0 Å². The molecule has 2 aromatic rings. The van der Waals surface area contributed by atoms with Crippen molar-refractivity contribution < 1.29 is 0 Å². The second-order valence-electron chi connectivity index (χ2n) is 3.64. The van der Waals surface area contributed by atoms with Crippen LogP contribution in [0.3, 0.4) is 0 Å². The first kappa shape index (κ1) is 10.8. The molecule has 0 aliphatic carbocycles. The van der Waals surface area contributed by atoms with Gasteiger partial charge in [0.2, 0.25) is 0 Å². The normalized spacial score (nSPS) is 10.6. The maximum atomic E-state index is 4.32. The van der Waals surface area contributed by atoms with E-state index in [4.69, 9.17) is 0 Å². The minimum Gasteiger partial charge on any atom is -0.331 e. The Morgan fingerprint density at radius 1 is 1.25 bits per heavy atom. The molecule has 0 unspecified atom stereocenters. The average Bonchev–Trinajstić information content (AvgIpc) is 2.75. The monoisotopic (exact) mass is 216 g/mol. The third-order valence-corrected chi connectivity index (χ3v) is 2.31. The van der Waals surface area contributed by atoms with Crippen LogP contribution in [0.1, 0.15) is 18.3 Å². The molecule has 4 heteroatoms. The Labute approximate surface area is 95.4 Å². The van der Waals surface area contributed by atoms with Gasteiger partial charge in [-0.05, 0) is 18.7 Å². The van der Waals surface area contributed by atoms with Crippen LogP contribution in [0.5, 0.6) is 0 Å². The van der Waals surface area contributed by atoms with Crippen molar-refractivity contribution in [3.63, 3.8) is 0 Å². The van der Waals surface area contributed by atoms with Crippen LogP contribution in [-0.2, 0) is 13.1 Å². The van der Waals surface area contributed by atoms with E-state index in [0.717, 1.165) is 31.0 Å². The lowest BCUT2D eigenvalue weighted by Gasteiger charge is -2.00. The molecule has 0 aliphatic heterocycles. The largest absolute Gasteiger partial charge is 0.331 e. The fraction of sp³-hybridized carbons (Fsp3) is 0.333. The minimum atomic E-state index is 0.778. The summed E-state index contributed by atoms with van der Waals surface area (Å²) in [7, 11) is 0. The van der Waals surface area contributed by atoms with Gasteiger partial charge in [0.15, 0.2) is 0 Å². The van der Waals surface area contributed by atoms with Crippen molar-refractivity contribution in [2.24, 2.45) is 0 Å². The molecule has 4 nitrogen and oxygen atoms in total. The zero-order chi connectivity index (χ0) is 11.2. The van der Waals surface area contributed by atoms with E-state index < -0.39 is 0 Å². The summed E-state index contributed by atoms with van der Waals surface area (Å²) in [5.41, 5.74) is 2.12. The van der Waals surface area contributed by atoms with Crippen molar-refractivity contribution in [1.29, 1.82) is 0 Å². The first-order valence-corrected chi connectivity index (χ1v) is 5.49. The van der Waals surface area contributed by atoms with E-state index in [-0.39, 0.29) is 0 Å². The number of rotatable bonds is 5. The van der Waals surface area contributed by atoms with Crippen LogP contribution in [0.25, 0.3) is 0 Å². The third-order valence-electron chi connectivity index (χ3n) is 2.31. The van der Waals surface area contributed by atoms with E-state index >= 15 is 0 Å². The highest BCUT2D eigenvalue weighted by atomic mass is 15.1. The summed E-state index contributed by atoms with van der Waals surface area (Å²) in [5.74, 6) is 0. The molecule has 0 spiro atoms. The molecule has 0 bridgehead atoms. The Morgan fingerprint density at radius 2 is 2.19 bits per heavy atom. The van der Waals surface area contributed by atoms with Crippen LogP contribution in [0.15, 0.2) is 36.9 Å². The van der Waals surface area contributed by atoms with Crippen molar-refractivity contribution in [2.75, 3.05) is 6.54 Å². The van der Waals surface area contributed by atoms with Crippen molar-refractivity contribution in [3.05, 3.63) is 48.3 Å². The van der Waals surface area contributed by atoms with Gasteiger partial charge < -0.3 is 9.88 Å². The molecule has 84 valence electrons. The molecule has 0 fully saturated rings. The molecule has 16 heavy (non-hydrogen) atoms. The summed E-state index contributed by atoms with van der Waals surface area (Å²) in [6.07, 6.45) is 5.71. The molecule has 0 atom stereocenters. The first-order chi connectivity index (χ1) is 7.88. The van der Waals surface area contributed by atoms with Gasteiger partial charge in [0.1, 0.15) is 0 Å². The maximum Gasteiger partial charge on any atom is 0.0953 e. The van der Waals surface area contributed by atoms with E-state index in [1.54, 1.807) is 0 Å². The highest BCUT2D eigenvalue weighted by molar-refractivity contribution is 5.05. The SMILES string of the molecule is CCNCc1cn(Cc2ccccn2)cn1. The standard InChI is InChI=1S/C12H16N4/c1-2-13-7-12-9-16(10-15-12)8-11-5-3-4-6-14-11/h3-6,9-10,13H,2,7-8H2,1H3. The molecule has 0 aromatic carbocycles. The quantitative estimate of drug-likeness (QED) is 0.822. The smallest absolute Gasteiger partial charge is 0.0953 e. The van der Waals surface area contributed by atoms with Crippen molar-refractivity contribution in [2.45, 2.75) is 20.0 Å². The Kier molecular flexibility index (Phi) is 3.66. The fourth-order valence-electron chi connectivity index (χ4n) is 1.52. The highest BCUT2D eigenvalue weighted by Gasteiger charge is 1.99. The van der Waals surface area contributed by atoms with Crippen molar-refractivity contribution in [3.8, 4) is 0 Å². The molecule has 2 rings (SSSR count). The molecule has 0 saturated carbocycles. The molecule has 0 radical (unpaired) electrons. The number of nitrogens with one attached hydrogen (secondary N) is 1. The summed E-state index contributed by atoms with van der Waals surface area (Å²) in [4.78, 5) is 8.60. The topological polar surface area (TPSA) is 42.7 Å². The second-order valence-corrected chi connectivity index (χ2v) is 3.64. The zero-order valence-corrected chi connectivity index (χ0v) is 9.43. The molecular weight excluding hydrogens is 200 g/mol. The van der Waals surface area contributed by atoms with Crippen LogP contribution >= 0.6 is 0 Å². The maximum absolute atomic E-state index is 4.32. The molecule has 2 aromatic heterocycles. The molecular formula is C12H16N4. The van der Waals surface area contributed by atoms with Crippen LogP contribution in [0.4, 0.5) is 0 Å². The van der Waals surface area contributed by atoms with Crippen molar-refractivity contribution in [1.82, 2.24) is 19.9 Å². The Balaban J connectivity index is 1.97. The predicted octanol–water partition coefficient (Wildman–Crippen LogP) is 1.44. The number of imidazole rings is 1. The Bertz CT molecular complexity index is 422. The van der Waals surface area contributed by atoms with Gasteiger partial charge in [-0.3, -0.25) is 4.98 Å². The number of hydrogen-bond acceptors (Lipinski definition) is 3. The van der Waals surface area contributed by atoms with Gasteiger partial charge >= 0.3 is 0 Å². The predicted molar refractivity (Wildman–Crippen MR) is 62.9 cm³/mol. The number of pyridine rings is 1. The second kappa shape index (κ2) is 5.42. The minimum absolute atomic E-state index is 0.778. The summed E-state index contributed by atoms with van der Waals surface area (Å²) in [5, 5.41) is 3.25. The van der Waals surface area contributed by atoms with E-state index in [1.165, 1.54) is 0 Å². The Hall–Kier alpha value is -1.68. The highest BCUT2D eigenvalue weighted by Crippen LogP contribution is 2.01. The number of nitrogens with zero attached hydrogens (tertiary/aromatic N) is 3. The van der Waals surface area contributed by atoms with Gasteiger partial charge in [0.05, 0.1) is 24.3 Å². The molecule has 0 aliphatic rings. The molecule has 2 heterocycles.